The first kappa shape index (κ1) is 18.6. The third-order valence-electron chi connectivity index (χ3n) is 3.88. The SMILES string of the molecule is Cc1cc(N(C)c2cc(Oc3cccc(C(F)(F)F)c3)ncn2)ccc1F. The predicted molar refractivity (Wildman–Crippen MR) is 92.8 cm³/mol. The molecule has 1 aromatic heterocycles. The lowest BCUT2D eigenvalue weighted by Gasteiger charge is -2.19. The van der Waals surface area contributed by atoms with E-state index in [1.165, 1.54) is 30.6 Å². The molecule has 0 unspecified atom stereocenters. The molecule has 0 saturated carbocycles. The highest BCUT2D eigenvalue weighted by Crippen LogP contribution is 2.33. The van der Waals surface area contributed by atoms with Crippen molar-refractivity contribution in [2.75, 3.05) is 11.9 Å². The van der Waals surface area contributed by atoms with Gasteiger partial charge in [0.15, 0.2) is 0 Å². The number of benzene rings is 2. The Morgan fingerprint density at radius 1 is 1.00 bits per heavy atom. The van der Waals surface area contributed by atoms with Gasteiger partial charge in [-0.3, -0.25) is 0 Å². The van der Waals surface area contributed by atoms with E-state index in [0.29, 0.717) is 17.1 Å². The molecular formula is C19H15F4N3O. The fourth-order valence-corrected chi connectivity index (χ4v) is 2.40. The summed E-state index contributed by atoms with van der Waals surface area (Å²) in [5, 5.41) is 0. The summed E-state index contributed by atoms with van der Waals surface area (Å²) in [5.41, 5.74) is 0.361. The summed E-state index contributed by atoms with van der Waals surface area (Å²) >= 11 is 0. The zero-order valence-corrected chi connectivity index (χ0v) is 14.5. The summed E-state index contributed by atoms with van der Waals surface area (Å²) in [6.45, 7) is 1.65. The van der Waals surface area contributed by atoms with E-state index < -0.39 is 11.7 Å². The molecule has 0 N–H and O–H groups in total. The molecule has 27 heavy (non-hydrogen) atoms. The minimum Gasteiger partial charge on any atom is -0.439 e. The van der Waals surface area contributed by atoms with Gasteiger partial charge >= 0.3 is 6.18 Å². The molecule has 0 spiro atoms. The maximum Gasteiger partial charge on any atom is 0.416 e. The van der Waals surface area contributed by atoms with Crippen molar-refractivity contribution in [1.82, 2.24) is 9.97 Å². The average molecular weight is 377 g/mol. The van der Waals surface area contributed by atoms with Crippen molar-refractivity contribution in [2.45, 2.75) is 13.1 Å². The van der Waals surface area contributed by atoms with Crippen LogP contribution in [0.4, 0.5) is 29.1 Å². The quantitative estimate of drug-likeness (QED) is 0.563. The largest absolute Gasteiger partial charge is 0.439 e. The lowest BCUT2D eigenvalue weighted by Crippen LogP contribution is -2.12. The van der Waals surface area contributed by atoms with E-state index in [4.69, 9.17) is 4.74 Å². The highest BCUT2D eigenvalue weighted by molar-refractivity contribution is 5.60. The second kappa shape index (κ2) is 7.22. The summed E-state index contributed by atoms with van der Waals surface area (Å²) in [4.78, 5) is 9.75. The van der Waals surface area contributed by atoms with Gasteiger partial charge in [0.2, 0.25) is 5.88 Å². The first-order chi connectivity index (χ1) is 12.7. The van der Waals surface area contributed by atoms with Crippen LogP contribution in [0.5, 0.6) is 11.6 Å². The molecule has 2 aromatic carbocycles. The van der Waals surface area contributed by atoms with Crippen LogP contribution in [0.25, 0.3) is 0 Å². The summed E-state index contributed by atoms with van der Waals surface area (Å²) in [6, 6.07) is 10.6. The molecule has 0 amide bonds. The molecule has 3 aromatic rings. The van der Waals surface area contributed by atoms with Crippen molar-refractivity contribution in [2.24, 2.45) is 0 Å². The molecule has 0 radical (unpaired) electrons. The van der Waals surface area contributed by atoms with Gasteiger partial charge in [-0.1, -0.05) is 6.07 Å². The summed E-state index contributed by atoms with van der Waals surface area (Å²) in [7, 11) is 1.73. The second-order valence-corrected chi connectivity index (χ2v) is 5.83. The van der Waals surface area contributed by atoms with Crippen LogP contribution in [0.2, 0.25) is 0 Å². The number of nitrogens with zero attached hydrogens (tertiary/aromatic N) is 3. The maximum absolute atomic E-state index is 13.4. The number of hydrogen-bond acceptors (Lipinski definition) is 4. The molecule has 4 nitrogen and oxygen atoms in total. The summed E-state index contributed by atoms with van der Waals surface area (Å²) in [5.74, 6) is 0.223. The van der Waals surface area contributed by atoms with Crippen molar-refractivity contribution in [1.29, 1.82) is 0 Å². The van der Waals surface area contributed by atoms with Crippen LogP contribution >= 0.6 is 0 Å². The van der Waals surface area contributed by atoms with Gasteiger partial charge in [-0.25, -0.2) is 14.4 Å². The van der Waals surface area contributed by atoms with Crippen LogP contribution in [0, 0.1) is 12.7 Å². The van der Waals surface area contributed by atoms with Crippen molar-refractivity contribution < 1.29 is 22.3 Å². The number of alkyl halides is 3. The van der Waals surface area contributed by atoms with E-state index in [2.05, 4.69) is 9.97 Å². The third-order valence-corrected chi connectivity index (χ3v) is 3.88. The minimum atomic E-state index is -4.46. The van der Waals surface area contributed by atoms with Gasteiger partial charge < -0.3 is 9.64 Å². The molecule has 0 aliphatic heterocycles. The van der Waals surface area contributed by atoms with E-state index in [-0.39, 0.29) is 17.4 Å². The molecule has 0 saturated heterocycles. The fourth-order valence-electron chi connectivity index (χ4n) is 2.40. The first-order valence-corrected chi connectivity index (χ1v) is 7.91. The number of aryl methyl sites for hydroxylation is 1. The second-order valence-electron chi connectivity index (χ2n) is 5.83. The van der Waals surface area contributed by atoms with E-state index in [1.807, 2.05) is 0 Å². The van der Waals surface area contributed by atoms with Gasteiger partial charge in [-0.2, -0.15) is 13.2 Å². The predicted octanol–water partition coefficient (Wildman–Crippen LogP) is 5.50. The standard InChI is InChI=1S/C19H15F4N3O/c1-12-8-14(6-7-16(12)20)26(2)17-10-18(25-11-24-17)27-15-5-3-4-13(9-15)19(21,22)23/h3-11H,1-2H3. The van der Waals surface area contributed by atoms with Crippen molar-refractivity contribution >= 4 is 11.5 Å². The van der Waals surface area contributed by atoms with Crippen molar-refractivity contribution in [3.63, 3.8) is 0 Å². The molecule has 0 fully saturated rings. The van der Waals surface area contributed by atoms with Crippen molar-refractivity contribution in [3.05, 3.63) is 71.8 Å². The molecule has 1 heterocycles. The van der Waals surface area contributed by atoms with Gasteiger partial charge in [0.25, 0.3) is 0 Å². The Kier molecular flexibility index (Phi) is 4.98. The monoisotopic (exact) mass is 377 g/mol. The third kappa shape index (κ3) is 4.33. The average Bonchev–Trinajstić information content (AvgIpc) is 2.63. The highest BCUT2D eigenvalue weighted by Gasteiger charge is 2.30. The van der Waals surface area contributed by atoms with Gasteiger partial charge in [0.05, 0.1) is 5.56 Å². The maximum atomic E-state index is 13.4. The first-order valence-electron chi connectivity index (χ1n) is 7.91. The Bertz CT molecular complexity index is 960. The van der Waals surface area contributed by atoms with E-state index in [9.17, 15) is 17.6 Å². The normalized spacial score (nSPS) is 11.3. The summed E-state index contributed by atoms with van der Waals surface area (Å²) < 4.78 is 57.3. The molecule has 0 bridgehead atoms. The van der Waals surface area contributed by atoms with Crippen LogP contribution in [0.1, 0.15) is 11.1 Å². The van der Waals surface area contributed by atoms with Crippen LogP contribution in [0.3, 0.4) is 0 Å². The number of rotatable bonds is 4. The minimum absolute atomic E-state index is 0.00903. The molecular weight excluding hydrogens is 362 g/mol. The van der Waals surface area contributed by atoms with Crippen LogP contribution in [-0.4, -0.2) is 17.0 Å². The van der Waals surface area contributed by atoms with Crippen LogP contribution in [-0.2, 0) is 6.18 Å². The van der Waals surface area contributed by atoms with E-state index >= 15 is 0 Å². The summed E-state index contributed by atoms with van der Waals surface area (Å²) in [6.07, 6.45) is -3.22. The lowest BCUT2D eigenvalue weighted by molar-refractivity contribution is -0.137. The van der Waals surface area contributed by atoms with Crippen LogP contribution in [0.15, 0.2) is 54.9 Å². The van der Waals surface area contributed by atoms with E-state index in [0.717, 1.165) is 12.1 Å². The van der Waals surface area contributed by atoms with Gasteiger partial charge in [0, 0.05) is 18.8 Å². The molecule has 8 heteroatoms. The van der Waals surface area contributed by atoms with Gasteiger partial charge in [-0.15, -0.1) is 0 Å². The van der Waals surface area contributed by atoms with Crippen molar-refractivity contribution in [3.8, 4) is 11.6 Å². The number of anilines is 2. The topological polar surface area (TPSA) is 38.2 Å². The van der Waals surface area contributed by atoms with Crippen LogP contribution < -0.4 is 9.64 Å². The number of ether oxygens (including phenoxy) is 1. The zero-order chi connectivity index (χ0) is 19.6. The Morgan fingerprint density at radius 2 is 1.78 bits per heavy atom. The molecule has 3 rings (SSSR count). The molecule has 0 aliphatic carbocycles. The fraction of sp³-hybridized carbons (Fsp3) is 0.158. The smallest absolute Gasteiger partial charge is 0.416 e. The number of halogens is 4. The van der Waals surface area contributed by atoms with Gasteiger partial charge in [0.1, 0.15) is 23.7 Å². The Hall–Kier alpha value is -3.16. The Labute approximate surface area is 153 Å². The lowest BCUT2D eigenvalue weighted by atomic mass is 10.2. The van der Waals surface area contributed by atoms with Gasteiger partial charge in [-0.05, 0) is 48.9 Å². The highest BCUT2D eigenvalue weighted by atomic mass is 19.4. The number of hydrogen-bond donors (Lipinski definition) is 0. The molecule has 140 valence electrons. The Morgan fingerprint density at radius 3 is 2.48 bits per heavy atom. The molecule has 0 atom stereocenters. The van der Waals surface area contributed by atoms with E-state index in [1.54, 1.807) is 31.0 Å². The Balaban J connectivity index is 1.84. The molecule has 0 aliphatic rings. The number of aromatic nitrogens is 2. The zero-order valence-electron chi connectivity index (χ0n) is 14.5.